The van der Waals surface area contributed by atoms with Gasteiger partial charge in [-0.05, 0) is 60.3 Å². The molecule has 2 heterocycles. The Morgan fingerprint density at radius 1 is 1.17 bits per heavy atom. The van der Waals surface area contributed by atoms with Crippen LogP contribution in [0.1, 0.15) is 59.3 Å². The Morgan fingerprint density at radius 2 is 2.04 bits per heavy atom. The maximum Gasteiger partial charge on any atom is 0.157 e. The molecule has 0 radical (unpaired) electrons. The molecule has 1 aromatic carbocycles. The summed E-state index contributed by atoms with van der Waals surface area (Å²) in [5, 5.41) is 14.1. The second-order valence-electron chi connectivity index (χ2n) is 6.80. The van der Waals surface area contributed by atoms with Crippen molar-refractivity contribution in [2.75, 3.05) is 0 Å². The van der Waals surface area contributed by atoms with Crippen LogP contribution in [0.4, 0.5) is 0 Å². The highest BCUT2D eigenvalue weighted by molar-refractivity contribution is 6.29. The lowest BCUT2D eigenvalue weighted by Crippen LogP contribution is -1.97. The van der Waals surface area contributed by atoms with Crippen LogP contribution in [0.3, 0.4) is 0 Å². The van der Waals surface area contributed by atoms with E-state index in [2.05, 4.69) is 28.3 Å². The minimum Gasteiger partial charge on any atom is -0.235 e. The number of benzene rings is 1. The molecule has 118 valence electrons. The van der Waals surface area contributed by atoms with Crippen molar-refractivity contribution >= 4 is 17.2 Å². The number of nitriles is 1. The van der Waals surface area contributed by atoms with Crippen LogP contribution in [0.25, 0.3) is 5.65 Å². The van der Waals surface area contributed by atoms with Crippen LogP contribution in [0.2, 0.25) is 5.15 Å². The predicted octanol–water partition coefficient (Wildman–Crippen LogP) is 4.40. The molecule has 24 heavy (non-hydrogen) atoms. The molecule has 0 amide bonds. The van der Waals surface area contributed by atoms with Gasteiger partial charge in [-0.3, -0.25) is 0 Å². The summed E-state index contributed by atoms with van der Waals surface area (Å²) < 4.78 is 1.75. The van der Waals surface area contributed by atoms with Crippen molar-refractivity contribution in [2.24, 2.45) is 0 Å². The van der Waals surface area contributed by atoms with E-state index < -0.39 is 0 Å². The molecule has 2 aliphatic rings. The molecule has 5 rings (SSSR count). The smallest absolute Gasteiger partial charge is 0.157 e. The number of aromatic nitrogens is 3. The van der Waals surface area contributed by atoms with E-state index in [0.29, 0.717) is 22.9 Å². The fourth-order valence-electron chi connectivity index (χ4n) is 3.73. The Hall–Kier alpha value is -2.38. The van der Waals surface area contributed by atoms with E-state index in [4.69, 9.17) is 11.6 Å². The Bertz CT molecular complexity index is 996. The zero-order valence-corrected chi connectivity index (χ0v) is 13.7. The first-order valence-corrected chi connectivity index (χ1v) is 8.66. The van der Waals surface area contributed by atoms with E-state index in [1.54, 1.807) is 10.7 Å². The molecule has 0 aliphatic heterocycles. The molecule has 0 bridgehead atoms. The van der Waals surface area contributed by atoms with Gasteiger partial charge >= 0.3 is 0 Å². The highest BCUT2D eigenvalue weighted by Crippen LogP contribution is 2.56. The van der Waals surface area contributed by atoms with Crippen molar-refractivity contribution in [3.63, 3.8) is 0 Å². The summed E-state index contributed by atoms with van der Waals surface area (Å²) >= 11 is 6.17. The monoisotopic (exact) mass is 334 g/mol. The maximum atomic E-state index is 9.31. The minimum atomic E-state index is 0.426. The molecule has 2 saturated carbocycles. The summed E-state index contributed by atoms with van der Waals surface area (Å²) in [4.78, 5) is 4.43. The lowest BCUT2D eigenvalue weighted by molar-refractivity contribution is 0.905. The molecule has 2 aromatic heterocycles. The average molecular weight is 335 g/mol. The first-order valence-electron chi connectivity index (χ1n) is 8.28. The number of fused-ring (bicyclic) bond motifs is 1. The number of imidazole rings is 1. The highest BCUT2D eigenvalue weighted by Gasteiger charge is 2.42. The van der Waals surface area contributed by atoms with Gasteiger partial charge in [0.05, 0.1) is 11.6 Å². The predicted molar refractivity (Wildman–Crippen MR) is 91.2 cm³/mol. The SMILES string of the molecule is N#Cc1ccc([C@H]2CC2c2cc(Cl)nn3ccnc23)cc1C1CC1. The van der Waals surface area contributed by atoms with Crippen LogP contribution in [0.15, 0.2) is 36.7 Å². The second-order valence-corrected chi connectivity index (χ2v) is 7.19. The summed E-state index contributed by atoms with van der Waals surface area (Å²) in [6.07, 6.45) is 7.10. The van der Waals surface area contributed by atoms with Gasteiger partial charge in [0.25, 0.3) is 0 Å². The standard InChI is InChI=1S/C19H15ClN4/c20-18-9-17(19-22-5-6-24(19)23-18)16-8-15(16)12-3-4-13(10-21)14(7-12)11-1-2-11/h3-7,9,11,15-16H,1-2,8H2/t15-,16?/m1/s1. The van der Waals surface area contributed by atoms with Crippen molar-refractivity contribution in [2.45, 2.75) is 37.0 Å². The van der Waals surface area contributed by atoms with Crippen molar-refractivity contribution in [1.82, 2.24) is 14.6 Å². The van der Waals surface area contributed by atoms with Crippen molar-refractivity contribution in [1.29, 1.82) is 5.26 Å². The molecule has 5 heteroatoms. The summed E-state index contributed by atoms with van der Waals surface area (Å²) in [6.45, 7) is 0. The lowest BCUT2D eigenvalue weighted by Gasteiger charge is -2.07. The number of nitrogens with zero attached hydrogens (tertiary/aromatic N) is 4. The first-order chi connectivity index (χ1) is 11.7. The van der Waals surface area contributed by atoms with Crippen LogP contribution >= 0.6 is 11.6 Å². The molecule has 2 atom stereocenters. The minimum absolute atomic E-state index is 0.426. The Balaban J connectivity index is 1.51. The van der Waals surface area contributed by atoms with Gasteiger partial charge in [0.1, 0.15) is 5.15 Å². The fraction of sp³-hybridized carbons (Fsp3) is 0.316. The maximum absolute atomic E-state index is 9.31. The summed E-state index contributed by atoms with van der Waals surface area (Å²) in [5.74, 6) is 1.50. The molecule has 4 nitrogen and oxygen atoms in total. The molecule has 3 aromatic rings. The van der Waals surface area contributed by atoms with Gasteiger partial charge in [0.15, 0.2) is 5.65 Å². The zero-order valence-electron chi connectivity index (χ0n) is 13.0. The number of hydrogen-bond donors (Lipinski definition) is 0. The van der Waals surface area contributed by atoms with Crippen molar-refractivity contribution in [3.05, 3.63) is 64.1 Å². The number of hydrogen-bond acceptors (Lipinski definition) is 3. The zero-order chi connectivity index (χ0) is 16.3. The van der Waals surface area contributed by atoms with E-state index in [9.17, 15) is 5.26 Å². The van der Waals surface area contributed by atoms with E-state index in [1.165, 1.54) is 29.5 Å². The van der Waals surface area contributed by atoms with Gasteiger partial charge in [-0.15, -0.1) is 0 Å². The molecule has 2 fully saturated rings. The van der Waals surface area contributed by atoms with Crippen molar-refractivity contribution in [3.8, 4) is 6.07 Å². The van der Waals surface area contributed by atoms with Gasteiger partial charge in [-0.1, -0.05) is 23.7 Å². The molecular formula is C19H15ClN4. The third-order valence-corrected chi connectivity index (χ3v) is 5.37. The molecule has 1 unspecified atom stereocenters. The molecule has 0 saturated heterocycles. The summed E-state index contributed by atoms with van der Waals surface area (Å²) in [6, 6.07) is 10.6. The normalized spacial score (nSPS) is 22.5. The van der Waals surface area contributed by atoms with E-state index in [0.717, 1.165) is 17.6 Å². The summed E-state index contributed by atoms with van der Waals surface area (Å²) in [7, 11) is 0. The van der Waals surface area contributed by atoms with E-state index in [-0.39, 0.29) is 0 Å². The highest BCUT2D eigenvalue weighted by atomic mass is 35.5. The van der Waals surface area contributed by atoms with Gasteiger partial charge < -0.3 is 0 Å². The quantitative estimate of drug-likeness (QED) is 0.713. The van der Waals surface area contributed by atoms with Gasteiger partial charge in [0, 0.05) is 18.0 Å². The first kappa shape index (κ1) is 14.0. The number of halogens is 1. The Kier molecular flexibility index (Phi) is 2.95. The Morgan fingerprint density at radius 3 is 2.83 bits per heavy atom. The van der Waals surface area contributed by atoms with Crippen LogP contribution < -0.4 is 0 Å². The van der Waals surface area contributed by atoms with E-state index in [1.807, 2.05) is 18.3 Å². The van der Waals surface area contributed by atoms with E-state index >= 15 is 0 Å². The molecular weight excluding hydrogens is 320 g/mol. The Labute approximate surface area is 144 Å². The third kappa shape index (κ3) is 2.20. The van der Waals surface area contributed by atoms with Gasteiger partial charge in [-0.2, -0.15) is 10.4 Å². The van der Waals surface area contributed by atoms with Gasteiger partial charge in [0.2, 0.25) is 0 Å². The second kappa shape index (κ2) is 5.06. The van der Waals surface area contributed by atoms with Gasteiger partial charge in [-0.25, -0.2) is 9.50 Å². The fourth-order valence-corrected chi connectivity index (χ4v) is 3.93. The van der Waals surface area contributed by atoms with Crippen LogP contribution in [-0.2, 0) is 0 Å². The number of rotatable bonds is 3. The average Bonchev–Trinajstić information content (AvgIpc) is 3.50. The largest absolute Gasteiger partial charge is 0.235 e. The molecule has 0 N–H and O–H groups in total. The van der Waals surface area contributed by atoms with Crippen LogP contribution in [0, 0.1) is 11.3 Å². The molecule has 0 spiro atoms. The van der Waals surface area contributed by atoms with Crippen LogP contribution in [-0.4, -0.2) is 14.6 Å². The molecule has 2 aliphatic carbocycles. The topological polar surface area (TPSA) is 54.0 Å². The lowest BCUT2D eigenvalue weighted by atomic mass is 9.97. The van der Waals surface area contributed by atoms with Crippen molar-refractivity contribution < 1.29 is 0 Å². The third-order valence-electron chi connectivity index (χ3n) is 5.19. The van der Waals surface area contributed by atoms with Crippen LogP contribution in [0.5, 0.6) is 0 Å². The summed E-state index contributed by atoms with van der Waals surface area (Å²) in [5.41, 5.74) is 5.46.